The molecular formula is C10H12O3. The lowest BCUT2D eigenvalue weighted by Gasteiger charge is -1.98. The van der Waals surface area contributed by atoms with Crippen LogP contribution in [0.3, 0.4) is 0 Å². The van der Waals surface area contributed by atoms with Gasteiger partial charge in [0.05, 0.1) is 6.26 Å². The van der Waals surface area contributed by atoms with Gasteiger partial charge in [0.1, 0.15) is 5.76 Å². The number of furan rings is 1. The Morgan fingerprint density at radius 3 is 2.92 bits per heavy atom. The molecule has 0 saturated carbocycles. The van der Waals surface area contributed by atoms with Gasteiger partial charge in [-0.15, -0.1) is 0 Å². The van der Waals surface area contributed by atoms with Crippen molar-refractivity contribution in [3.63, 3.8) is 0 Å². The first kappa shape index (κ1) is 9.58. The minimum atomic E-state index is -0.877. The lowest BCUT2D eigenvalue weighted by atomic mass is 10.1. The van der Waals surface area contributed by atoms with Gasteiger partial charge in [-0.1, -0.05) is 13.0 Å². The van der Waals surface area contributed by atoms with Crippen molar-refractivity contribution in [1.82, 2.24) is 0 Å². The molecular weight excluding hydrogens is 168 g/mol. The van der Waals surface area contributed by atoms with E-state index in [1.165, 1.54) is 0 Å². The summed E-state index contributed by atoms with van der Waals surface area (Å²) in [6.45, 7) is 1.91. The van der Waals surface area contributed by atoms with Crippen LogP contribution in [0.5, 0.6) is 0 Å². The van der Waals surface area contributed by atoms with Crippen LogP contribution >= 0.6 is 0 Å². The summed E-state index contributed by atoms with van der Waals surface area (Å²) in [6, 6.07) is 3.52. The molecule has 13 heavy (non-hydrogen) atoms. The van der Waals surface area contributed by atoms with Crippen LogP contribution in [-0.2, 0) is 11.2 Å². The molecule has 3 nitrogen and oxygen atoms in total. The summed E-state index contributed by atoms with van der Waals surface area (Å²) in [4.78, 5) is 10.7. The zero-order chi connectivity index (χ0) is 9.68. The average molecular weight is 180 g/mol. The van der Waals surface area contributed by atoms with Crippen molar-refractivity contribution in [1.29, 1.82) is 0 Å². The molecule has 0 fully saturated rings. The number of carbonyl (C=O) groups is 1. The van der Waals surface area contributed by atoms with Crippen LogP contribution in [0.4, 0.5) is 0 Å². The zero-order valence-electron chi connectivity index (χ0n) is 7.49. The predicted molar refractivity (Wildman–Crippen MR) is 48.4 cm³/mol. The Kier molecular flexibility index (Phi) is 3.31. The number of hydrogen-bond donors (Lipinski definition) is 1. The summed E-state index contributed by atoms with van der Waals surface area (Å²) >= 11 is 0. The summed E-state index contributed by atoms with van der Waals surface area (Å²) in [5, 5.41) is 8.79. The fraction of sp³-hybridized carbons (Fsp3) is 0.300. The third-order valence-electron chi connectivity index (χ3n) is 1.67. The lowest BCUT2D eigenvalue weighted by Crippen LogP contribution is -2.03. The highest BCUT2D eigenvalue weighted by molar-refractivity contribution is 5.86. The molecule has 0 aliphatic carbocycles. The largest absolute Gasteiger partial charge is 0.478 e. The summed E-state index contributed by atoms with van der Waals surface area (Å²) < 4.78 is 5.06. The van der Waals surface area contributed by atoms with Gasteiger partial charge < -0.3 is 9.52 Å². The van der Waals surface area contributed by atoms with Gasteiger partial charge in [0.2, 0.25) is 0 Å². The highest BCUT2D eigenvalue weighted by Gasteiger charge is 2.08. The van der Waals surface area contributed by atoms with Crippen LogP contribution in [0.2, 0.25) is 0 Å². The molecule has 0 spiro atoms. The van der Waals surface area contributed by atoms with Crippen molar-refractivity contribution in [2.45, 2.75) is 19.8 Å². The van der Waals surface area contributed by atoms with Crippen molar-refractivity contribution in [2.24, 2.45) is 0 Å². The van der Waals surface area contributed by atoms with E-state index in [1.807, 2.05) is 6.92 Å². The molecule has 0 aliphatic heterocycles. The molecule has 0 saturated heterocycles. The molecule has 0 aromatic carbocycles. The quantitative estimate of drug-likeness (QED) is 0.723. The second-order valence-corrected chi connectivity index (χ2v) is 2.70. The number of carboxylic acids is 1. The van der Waals surface area contributed by atoms with Crippen molar-refractivity contribution >= 4 is 5.97 Å². The molecule has 0 atom stereocenters. The average Bonchev–Trinajstić information content (AvgIpc) is 2.56. The monoisotopic (exact) mass is 180 g/mol. The van der Waals surface area contributed by atoms with Gasteiger partial charge in [-0.3, -0.25) is 0 Å². The minimum absolute atomic E-state index is 0.357. The highest BCUT2D eigenvalue weighted by atomic mass is 16.4. The first-order chi connectivity index (χ1) is 6.24. The fourth-order valence-electron chi connectivity index (χ4n) is 1.08. The number of aliphatic carboxylic acids is 1. The Balaban J connectivity index is 2.69. The van der Waals surface area contributed by atoms with E-state index < -0.39 is 5.97 Å². The molecule has 70 valence electrons. The normalized spacial score (nSPS) is 11.6. The Bertz CT molecular complexity index is 296. The zero-order valence-corrected chi connectivity index (χ0v) is 7.49. The van der Waals surface area contributed by atoms with Gasteiger partial charge >= 0.3 is 5.97 Å². The number of allylic oxidation sites excluding steroid dienone is 1. The van der Waals surface area contributed by atoms with Gasteiger partial charge in [-0.05, 0) is 18.6 Å². The van der Waals surface area contributed by atoms with Crippen LogP contribution < -0.4 is 0 Å². The fourth-order valence-corrected chi connectivity index (χ4v) is 1.08. The first-order valence-corrected chi connectivity index (χ1v) is 4.18. The summed E-state index contributed by atoms with van der Waals surface area (Å²) in [7, 11) is 0. The van der Waals surface area contributed by atoms with E-state index in [2.05, 4.69) is 0 Å². The Morgan fingerprint density at radius 1 is 1.69 bits per heavy atom. The molecule has 0 bridgehead atoms. The summed E-state index contributed by atoms with van der Waals surface area (Å²) in [5.41, 5.74) is 0.387. The van der Waals surface area contributed by atoms with Crippen molar-refractivity contribution in [2.75, 3.05) is 0 Å². The SMILES string of the molecule is CCC=C(Cc1ccco1)C(=O)O. The van der Waals surface area contributed by atoms with Crippen LogP contribution in [0.15, 0.2) is 34.5 Å². The highest BCUT2D eigenvalue weighted by Crippen LogP contribution is 2.09. The smallest absolute Gasteiger partial charge is 0.331 e. The Morgan fingerprint density at radius 2 is 2.46 bits per heavy atom. The molecule has 1 N–H and O–H groups in total. The maximum atomic E-state index is 10.7. The van der Waals surface area contributed by atoms with E-state index in [9.17, 15) is 4.79 Å². The third-order valence-corrected chi connectivity index (χ3v) is 1.67. The molecule has 3 heteroatoms. The number of hydrogen-bond acceptors (Lipinski definition) is 2. The predicted octanol–water partition coefficient (Wildman–Crippen LogP) is 2.24. The van der Waals surface area contributed by atoms with E-state index in [1.54, 1.807) is 24.5 Å². The van der Waals surface area contributed by atoms with E-state index in [0.29, 0.717) is 17.8 Å². The molecule has 1 heterocycles. The van der Waals surface area contributed by atoms with Gasteiger partial charge in [-0.25, -0.2) is 4.79 Å². The molecule has 0 radical (unpaired) electrons. The van der Waals surface area contributed by atoms with E-state index >= 15 is 0 Å². The van der Waals surface area contributed by atoms with Crippen molar-refractivity contribution in [3.05, 3.63) is 35.8 Å². The van der Waals surface area contributed by atoms with Crippen molar-refractivity contribution in [3.8, 4) is 0 Å². The topological polar surface area (TPSA) is 50.4 Å². The van der Waals surface area contributed by atoms with E-state index in [-0.39, 0.29) is 0 Å². The molecule has 1 rings (SSSR count). The van der Waals surface area contributed by atoms with Crippen LogP contribution in [0.1, 0.15) is 19.1 Å². The Hall–Kier alpha value is -1.51. The maximum Gasteiger partial charge on any atom is 0.331 e. The molecule has 0 amide bonds. The van der Waals surface area contributed by atoms with Crippen molar-refractivity contribution < 1.29 is 14.3 Å². The van der Waals surface area contributed by atoms with E-state index in [4.69, 9.17) is 9.52 Å². The Labute approximate surface area is 76.7 Å². The first-order valence-electron chi connectivity index (χ1n) is 4.18. The van der Waals surface area contributed by atoms with Crippen LogP contribution in [0.25, 0.3) is 0 Å². The molecule has 1 aromatic rings. The standard InChI is InChI=1S/C10H12O3/c1-2-4-8(10(11)12)7-9-5-3-6-13-9/h3-6H,2,7H2,1H3,(H,11,12). The summed E-state index contributed by atoms with van der Waals surface area (Å²) in [6.07, 6.45) is 4.32. The number of carboxylic acid groups (broad SMARTS) is 1. The second-order valence-electron chi connectivity index (χ2n) is 2.70. The van der Waals surface area contributed by atoms with Gasteiger partial charge in [0.25, 0.3) is 0 Å². The third kappa shape index (κ3) is 2.78. The lowest BCUT2D eigenvalue weighted by molar-refractivity contribution is -0.132. The van der Waals surface area contributed by atoms with Crippen LogP contribution in [0, 0.1) is 0 Å². The van der Waals surface area contributed by atoms with Gasteiger partial charge in [-0.2, -0.15) is 0 Å². The maximum absolute atomic E-state index is 10.7. The van der Waals surface area contributed by atoms with E-state index in [0.717, 1.165) is 6.42 Å². The van der Waals surface area contributed by atoms with Crippen LogP contribution in [-0.4, -0.2) is 11.1 Å². The van der Waals surface area contributed by atoms with Gasteiger partial charge in [0.15, 0.2) is 0 Å². The second kappa shape index (κ2) is 4.50. The summed E-state index contributed by atoms with van der Waals surface area (Å²) in [5.74, 6) is -0.194. The molecule has 1 aromatic heterocycles. The number of rotatable bonds is 4. The minimum Gasteiger partial charge on any atom is -0.478 e. The molecule has 0 unspecified atom stereocenters. The van der Waals surface area contributed by atoms with Gasteiger partial charge in [0, 0.05) is 12.0 Å². The molecule has 0 aliphatic rings.